The van der Waals surface area contributed by atoms with Gasteiger partial charge in [-0.15, -0.1) is 0 Å². The van der Waals surface area contributed by atoms with E-state index in [1.54, 1.807) is 0 Å². The van der Waals surface area contributed by atoms with Crippen molar-refractivity contribution in [3.05, 3.63) is 53.9 Å². The first-order valence-corrected chi connectivity index (χ1v) is 5.09. The maximum atomic E-state index is 12.8. The molecule has 0 N–H and O–H groups in total. The molecule has 5 heteroatoms. The number of nitrogens with zero attached hydrogens (tertiary/aromatic N) is 1. The molecule has 92 valence electrons. The van der Waals surface area contributed by atoms with Crippen LogP contribution in [0, 0.1) is 0 Å². The van der Waals surface area contributed by atoms with Crippen molar-refractivity contribution in [3.63, 3.8) is 0 Å². The van der Waals surface area contributed by atoms with Gasteiger partial charge in [-0.2, -0.15) is 13.2 Å². The highest BCUT2D eigenvalue weighted by molar-refractivity contribution is 5.79. The fourth-order valence-electron chi connectivity index (χ4n) is 1.65. The van der Waals surface area contributed by atoms with Crippen LogP contribution in [0.1, 0.15) is 15.9 Å². The Bertz CT molecular complexity index is 578. The first-order chi connectivity index (χ1) is 8.52. The van der Waals surface area contributed by atoms with Crippen molar-refractivity contribution in [1.82, 2.24) is 4.98 Å². The van der Waals surface area contributed by atoms with E-state index in [2.05, 4.69) is 4.98 Å². The van der Waals surface area contributed by atoms with Gasteiger partial charge in [-0.1, -0.05) is 18.2 Å². The number of carbonyl (C=O) groups is 1. The zero-order chi connectivity index (χ0) is 13.2. The van der Waals surface area contributed by atoms with Gasteiger partial charge in [0.2, 0.25) is 0 Å². The van der Waals surface area contributed by atoms with E-state index >= 15 is 0 Å². The fourth-order valence-corrected chi connectivity index (χ4v) is 1.65. The van der Waals surface area contributed by atoms with Crippen LogP contribution in [0.15, 0.2) is 42.7 Å². The van der Waals surface area contributed by atoms with E-state index in [-0.39, 0.29) is 5.56 Å². The van der Waals surface area contributed by atoms with Crippen molar-refractivity contribution in [1.29, 1.82) is 0 Å². The van der Waals surface area contributed by atoms with Crippen LogP contribution >= 0.6 is 0 Å². The van der Waals surface area contributed by atoms with Gasteiger partial charge in [0.25, 0.3) is 0 Å². The standard InChI is InChI=1S/C13H8F3NO/c14-13(15,16)12-4-5-17-7-11(12)10-3-1-2-9(6-10)8-18/h1-8H. The summed E-state index contributed by atoms with van der Waals surface area (Å²) in [5, 5.41) is 0. The molecule has 1 aromatic heterocycles. The monoisotopic (exact) mass is 251 g/mol. The number of alkyl halides is 3. The second kappa shape index (κ2) is 4.60. The van der Waals surface area contributed by atoms with Gasteiger partial charge in [-0.3, -0.25) is 9.78 Å². The van der Waals surface area contributed by atoms with Gasteiger partial charge in [0.1, 0.15) is 6.29 Å². The summed E-state index contributed by atoms with van der Waals surface area (Å²) < 4.78 is 38.5. The highest BCUT2D eigenvalue weighted by atomic mass is 19.4. The van der Waals surface area contributed by atoms with Crippen molar-refractivity contribution >= 4 is 6.29 Å². The molecular weight excluding hydrogens is 243 g/mol. The highest BCUT2D eigenvalue weighted by Gasteiger charge is 2.33. The number of aldehydes is 1. The third-order valence-electron chi connectivity index (χ3n) is 2.46. The lowest BCUT2D eigenvalue weighted by atomic mass is 10.0. The minimum Gasteiger partial charge on any atom is -0.298 e. The summed E-state index contributed by atoms with van der Waals surface area (Å²) in [6.07, 6.45) is -1.62. The number of hydrogen-bond acceptors (Lipinski definition) is 2. The van der Waals surface area contributed by atoms with E-state index in [0.717, 1.165) is 18.5 Å². The van der Waals surface area contributed by atoms with Gasteiger partial charge < -0.3 is 0 Å². The summed E-state index contributed by atoms with van der Waals surface area (Å²) in [6, 6.07) is 6.90. The molecule has 0 aliphatic heterocycles. The summed E-state index contributed by atoms with van der Waals surface area (Å²) in [7, 11) is 0. The summed E-state index contributed by atoms with van der Waals surface area (Å²) >= 11 is 0. The average Bonchev–Trinajstić information content (AvgIpc) is 2.38. The number of halogens is 3. The summed E-state index contributed by atoms with van der Waals surface area (Å²) in [4.78, 5) is 14.3. The number of carbonyl (C=O) groups excluding carboxylic acids is 1. The van der Waals surface area contributed by atoms with Crippen LogP contribution in [0.5, 0.6) is 0 Å². The van der Waals surface area contributed by atoms with E-state index in [1.165, 1.54) is 24.3 Å². The van der Waals surface area contributed by atoms with Gasteiger partial charge in [-0.25, -0.2) is 0 Å². The Balaban J connectivity index is 2.60. The third-order valence-corrected chi connectivity index (χ3v) is 2.46. The van der Waals surface area contributed by atoms with Gasteiger partial charge in [0, 0.05) is 23.5 Å². The smallest absolute Gasteiger partial charge is 0.298 e. The lowest BCUT2D eigenvalue weighted by Gasteiger charge is -2.12. The predicted octanol–water partition coefficient (Wildman–Crippen LogP) is 3.58. The molecule has 0 spiro atoms. The molecule has 0 aliphatic rings. The predicted molar refractivity (Wildman–Crippen MR) is 60.1 cm³/mol. The van der Waals surface area contributed by atoms with Crippen molar-refractivity contribution in [2.45, 2.75) is 6.18 Å². The maximum Gasteiger partial charge on any atom is 0.417 e. The number of benzene rings is 1. The Hall–Kier alpha value is -2.17. The second-order valence-electron chi connectivity index (χ2n) is 3.66. The van der Waals surface area contributed by atoms with Crippen LogP contribution < -0.4 is 0 Å². The van der Waals surface area contributed by atoms with Crippen LogP contribution in [-0.2, 0) is 6.18 Å². The third kappa shape index (κ3) is 2.40. The Morgan fingerprint density at radius 1 is 1.17 bits per heavy atom. The highest BCUT2D eigenvalue weighted by Crippen LogP contribution is 2.36. The fraction of sp³-hybridized carbons (Fsp3) is 0.0769. The molecule has 1 aromatic carbocycles. The largest absolute Gasteiger partial charge is 0.417 e. The van der Waals surface area contributed by atoms with Gasteiger partial charge in [0.15, 0.2) is 0 Å². The molecule has 18 heavy (non-hydrogen) atoms. The van der Waals surface area contributed by atoms with Crippen molar-refractivity contribution in [2.24, 2.45) is 0 Å². The molecule has 0 aliphatic carbocycles. The normalized spacial score (nSPS) is 11.3. The molecule has 0 bridgehead atoms. The molecular formula is C13H8F3NO. The number of pyridine rings is 1. The van der Waals surface area contributed by atoms with Crippen molar-refractivity contribution in [2.75, 3.05) is 0 Å². The lowest BCUT2D eigenvalue weighted by molar-refractivity contribution is -0.137. The Morgan fingerprint density at radius 3 is 2.61 bits per heavy atom. The SMILES string of the molecule is O=Cc1cccc(-c2cnccc2C(F)(F)F)c1. The van der Waals surface area contributed by atoms with Crippen LogP contribution in [0.2, 0.25) is 0 Å². The first kappa shape index (κ1) is 12.3. The van der Waals surface area contributed by atoms with E-state index < -0.39 is 11.7 Å². The number of rotatable bonds is 2. The molecule has 2 aromatic rings. The summed E-state index contributed by atoms with van der Waals surface area (Å²) in [6.45, 7) is 0. The van der Waals surface area contributed by atoms with E-state index in [0.29, 0.717) is 17.4 Å². The van der Waals surface area contributed by atoms with E-state index in [1.807, 2.05) is 0 Å². The second-order valence-corrected chi connectivity index (χ2v) is 3.66. The van der Waals surface area contributed by atoms with Crippen molar-refractivity contribution in [3.8, 4) is 11.1 Å². The molecule has 0 saturated heterocycles. The number of aromatic nitrogens is 1. The maximum absolute atomic E-state index is 12.8. The van der Waals surface area contributed by atoms with Crippen LogP contribution in [-0.4, -0.2) is 11.3 Å². The van der Waals surface area contributed by atoms with E-state index in [9.17, 15) is 18.0 Å². The molecule has 0 unspecified atom stereocenters. The lowest BCUT2D eigenvalue weighted by Crippen LogP contribution is -2.07. The molecule has 1 heterocycles. The van der Waals surface area contributed by atoms with Gasteiger partial charge in [-0.05, 0) is 17.7 Å². The molecule has 2 nitrogen and oxygen atoms in total. The Labute approximate surface area is 101 Å². The molecule has 2 rings (SSSR count). The topological polar surface area (TPSA) is 30.0 Å². The first-order valence-electron chi connectivity index (χ1n) is 5.09. The minimum absolute atomic E-state index is 0.0336. The van der Waals surface area contributed by atoms with Gasteiger partial charge in [0.05, 0.1) is 5.56 Å². The Morgan fingerprint density at radius 2 is 1.94 bits per heavy atom. The van der Waals surface area contributed by atoms with Crippen LogP contribution in [0.3, 0.4) is 0 Å². The molecule has 0 atom stereocenters. The molecule has 0 radical (unpaired) electrons. The van der Waals surface area contributed by atoms with Crippen LogP contribution in [0.4, 0.5) is 13.2 Å². The molecule has 0 saturated carbocycles. The zero-order valence-electron chi connectivity index (χ0n) is 9.11. The van der Waals surface area contributed by atoms with Gasteiger partial charge >= 0.3 is 6.18 Å². The Kier molecular flexibility index (Phi) is 3.14. The molecule has 0 fully saturated rings. The quantitative estimate of drug-likeness (QED) is 0.763. The zero-order valence-corrected chi connectivity index (χ0v) is 9.11. The summed E-state index contributed by atoms with van der Waals surface area (Å²) in [5.41, 5.74) is -0.154. The number of hydrogen-bond donors (Lipinski definition) is 0. The minimum atomic E-state index is -4.45. The summed E-state index contributed by atoms with van der Waals surface area (Å²) in [5.74, 6) is 0. The average molecular weight is 251 g/mol. The molecule has 0 amide bonds. The van der Waals surface area contributed by atoms with Crippen LogP contribution in [0.25, 0.3) is 11.1 Å². The van der Waals surface area contributed by atoms with E-state index in [4.69, 9.17) is 0 Å². The van der Waals surface area contributed by atoms with Crippen molar-refractivity contribution < 1.29 is 18.0 Å².